The summed E-state index contributed by atoms with van der Waals surface area (Å²) in [6, 6.07) is 7.45. The molecule has 1 saturated heterocycles. The van der Waals surface area contributed by atoms with Crippen molar-refractivity contribution in [3.8, 4) is 11.4 Å². The van der Waals surface area contributed by atoms with Crippen LogP contribution in [0.1, 0.15) is 73.4 Å². The second-order valence-electron chi connectivity index (χ2n) is 11.9. The van der Waals surface area contributed by atoms with Crippen LogP contribution in [0.4, 0.5) is 19.0 Å². The molecule has 8 nitrogen and oxygen atoms in total. The van der Waals surface area contributed by atoms with Crippen LogP contribution in [0.25, 0.3) is 11.4 Å². The number of carbonyl (C=O) groups excluding carboxylic acids is 2. The lowest BCUT2D eigenvalue weighted by Gasteiger charge is -2.34. The quantitative estimate of drug-likeness (QED) is 0.368. The molecule has 2 atom stereocenters. The Hall–Kier alpha value is -4.15. The van der Waals surface area contributed by atoms with Gasteiger partial charge in [-0.25, -0.2) is 23.1 Å². The van der Waals surface area contributed by atoms with Crippen LogP contribution in [-0.4, -0.2) is 68.8 Å². The van der Waals surface area contributed by atoms with Gasteiger partial charge in [0.05, 0.1) is 24.7 Å². The Kier molecular flexibility index (Phi) is 7.52. The summed E-state index contributed by atoms with van der Waals surface area (Å²) in [5, 5.41) is 0. The van der Waals surface area contributed by atoms with E-state index in [9.17, 15) is 14.0 Å². The van der Waals surface area contributed by atoms with E-state index in [2.05, 4.69) is 13.8 Å². The van der Waals surface area contributed by atoms with Crippen molar-refractivity contribution in [2.75, 3.05) is 24.5 Å². The van der Waals surface area contributed by atoms with Crippen LogP contribution >= 0.6 is 0 Å². The van der Waals surface area contributed by atoms with Crippen molar-refractivity contribution in [3.63, 3.8) is 0 Å². The summed E-state index contributed by atoms with van der Waals surface area (Å²) in [6.07, 6.45) is 2.71. The molecule has 226 valence electrons. The zero-order valence-corrected chi connectivity index (χ0v) is 24.8. The molecule has 0 N–H and O–H groups in total. The minimum absolute atomic E-state index is 0.0144. The molecule has 4 heterocycles. The molecule has 0 saturated carbocycles. The Labute approximate surface area is 248 Å². The molecule has 43 heavy (non-hydrogen) atoms. The molecule has 3 aliphatic heterocycles. The number of aromatic nitrogens is 2. The van der Waals surface area contributed by atoms with Crippen molar-refractivity contribution >= 4 is 23.6 Å². The highest BCUT2D eigenvalue weighted by molar-refractivity contribution is 6.18. The Morgan fingerprint density at radius 1 is 1.07 bits per heavy atom. The van der Waals surface area contributed by atoms with Gasteiger partial charge in [-0.15, -0.1) is 0 Å². The number of anilines is 1. The first-order chi connectivity index (χ1) is 20.6. The molecule has 3 aromatic rings. The second-order valence-corrected chi connectivity index (χ2v) is 11.9. The van der Waals surface area contributed by atoms with Gasteiger partial charge in [-0.05, 0) is 63.3 Å². The van der Waals surface area contributed by atoms with Crippen LogP contribution in [0.3, 0.4) is 0 Å². The zero-order valence-electron chi connectivity index (χ0n) is 24.8. The van der Waals surface area contributed by atoms with Gasteiger partial charge in [-0.3, -0.25) is 19.4 Å². The van der Waals surface area contributed by atoms with E-state index >= 15 is 8.78 Å². The summed E-state index contributed by atoms with van der Waals surface area (Å²) in [5.74, 6) is -1.44. The number of nitrogens with zero attached hydrogens (tertiary/aromatic N) is 6. The Morgan fingerprint density at radius 2 is 1.86 bits per heavy atom. The summed E-state index contributed by atoms with van der Waals surface area (Å²) in [6.45, 7) is 9.26. The molecular weight excluding hydrogens is 557 g/mol. The predicted molar refractivity (Wildman–Crippen MR) is 158 cm³/mol. The van der Waals surface area contributed by atoms with E-state index in [-0.39, 0.29) is 53.1 Å². The number of likely N-dealkylation sites (tertiary alicyclic amines) is 1. The third-order valence-corrected chi connectivity index (χ3v) is 8.73. The van der Waals surface area contributed by atoms with Crippen molar-refractivity contribution in [2.45, 2.75) is 65.6 Å². The van der Waals surface area contributed by atoms with Gasteiger partial charge >= 0.3 is 0 Å². The molecule has 0 radical (unpaired) electrons. The maximum Gasteiger partial charge on any atom is 0.283 e. The Bertz CT molecular complexity index is 1630. The number of rotatable bonds is 6. The van der Waals surface area contributed by atoms with E-state index in [0.717, 1.165) is 25.3 Å². The lowest BCUT2D eigenvalue weighted by Crippen LogP contribution is -2.50. The number of halogens is 3. The average molecular weight is 593 g/mol. The Balaban J connectivity index is 1.52. The number of guanidine groups is 1. The molecule has 3 aliphatic rings. The molecule has 2 amide bonds. The van der Waals surface area contributed by atoms with E-state index in [4.69, 9.17) is 9.98 Å². The van der Waals surface area contributed by atoms with E-state index in [1.54, 1.807) is 14.4 Å². The van der Waals surface area contributed by atoms with Gasteiger partial charge in [0.15, 0.2) is 5.69 Å². The molecule has 11 heteroatoms. The molecule has 2 aromatic carbocycles. The fourth-order valence-electron chi connectivity index (χ4n) is 6.22. The van der Waals surface area contributed by atoms with Crippen molar-refractivity contribution in [2.24, 2.45) is 10.9 Å². The standard InChI is InChI=1S/C32H35F3N6O2/c1-5-38-31(43)27-29(41-17-26(18(2)3)36-32(38)41)40(16-21-9-11-22(33)15-25(21)35)28(37-27)20-10-12-24(34)23(14-20)30(42)39-13-7-6-8-19(39)4/h9-12,14-15,18-19,26H,5-8,13,16-17H2,1-4H3/t19?,26-/m0/s1. The van der Waals surface area contributed by atoms with Gasteiger partial charge in [-0.1, -0.05) is 19.9 Å². The van der Waals surface area contributed by atoms with Crippen LogP contribution in [-0.2, 0) is 6.54 Å². The zero-order chi connectivity index (χ0) is 30.6. The third kappa shape index (κ3) is 4.98. The first-order valence-electron chi connectivity index (χ1n) is 14.9. The maximum atomic E-state index is 15.2. The fraction of sp³-hybridized carbons (Fsp3) is 0.438. The van der Waals surface area contributed by atoms with Crippen molar-refractivity contribution in [1.29, 1.82) is 0 Å². The maximum absolute atomic E-state index is 15.2. The lowest BCUT2D eigenvalue weighted by atomic mass is 10.0. The van der Waals surface area contributed by atoms with Gasteiger partial charge < -0.3 is 9.47 Å². The van der Waals surface area contributed by atoms with Crippen LogP contribution in [0.15, 0.2) is 41.4 Å². The molecule has 0 spiro atoms. The fourth-order valence-corrected chi connectivity index (χ4v) is 6.22. The number of imidazole rings is 1. The second kappa shape index (κ2) is 11.2. The van der Waals surface area contributed by atoms with Crippen molar-refractivity contribution < 1.29 is 22.8 Å². The minimum Gasteiger partial charge on any atom is -0.336 e. The number of hydrogen-bond donors (Lipinski definition) is 0. The molecule has 1 fully saturated rings. The Morgan fingerprint density at radius 3 is 2.56 bits per heavy atom. The van der Waals surface area contributed by atoms with Crippen LogP contribution < -0.4 is 4.90 Å². The summed E-state index contributed by atoms with van der Waals surface area (Å²) >= 11 is 0. The third-order valence-electron chi connectivity index (χ3n) is 8.73. The molecule has 6 rings (SSSR count). The molecule has 1 aromatic heterocycles. The summed E-state index contributed by atoms with van der Waals surface area (Å²) in [7, 11) is 0. The minimum atomic E-state index is -0.741. The smallest absolute Gasteiger partial charge is 0.283 e. The van der Waals surface area contributed by atoms with Gasteiger partial charge in [0, 0.05) is 36.3 Å². The highest BCUT2D eigenvalue weighted by atomic mass is 19.1. The van der Waals surface area contributed by atoms with E-state index < -0.39 is 23.4 Å². The lowest BCUT2D eigenvalue weighted by molar-refractivity contribution is 0.0630. The molecule has 1 unspecified atom stereocenters. The highest BCUT2D eigenvalue weighted by Gasteiger charge is 2.44. The summed E-state index contributed by atoms with van der Waals surface area (Å²) in [5.41, 5.74) is 0.660. The van der Waals surface area contributed by atoms with Crippen LogP contribution in [0.2, 0.25) is 0 Å². The first kappa shape index (κ1) is 28.9. The van der Waals surface area contributed by atoms with Gasteiger partial charge in [0.2, 0.25) is 5.96 Å². The van der Waals surface area contributed by atoms with E-state index in [1.807, 2.05) is 18.7 Å². The number of fused-ring (bicyclic) bond motifs is 3. The van der Waals surface area contributed by atoms with Gasteiger partial charge in [-0.2, -0.15) is 0 Å². The number of carbonyl (C=O) groups is 2. The number of piperidine rings is 1. The molecule has 0 aliphatic carbocycles. The number of hydrogen-bond acceptors (Lipinski definition) is 5. The molecular formula is C32H35F3N6O2. The number of amides is 2. The topological polar surface area (TPSA) is 74.0 Å². The van der Waals surface area contributed by atoms with Crippen LogP contribution in [0.5, 0.6) is 0 Å². The van der Waals surface area contributed by atoms with E-state index in [0.29, 0.717) is 37.0 Å². The van der Waals surface area contributed by atoms with Crippen molar-refractivity contribution in [3.05, 3.63) is 70.7 Å². The van der Waals surface area contributed by atoms with Gasteiger partial charge in [0.25, 0.3) is 11.8 Å². The SMILES string of the molecule is CCN1C(=O)c2nc(-c3ccc(F)c(C(=O)N4CCCCC4C)c3)n(Cc3ccc(F)cc3F)c2N2C[C@@H](C(C)C)N=C12. The highest BCUT2D eigenvalue weighted by Crippen LogP contribution is 2.38. The van der Waals surface area contributed by atoms with Crippen LogP contribution in [0, 0.1) is 23.4 Å². The number of benzene rings is 2. The predicted octanol–water partition coefficient (Wildman–Crippen LogP) is 5.71. The van der Waals surface area contributed by atoms with Crippen molar-refractivity contribution in [1.82, 2.24) is 19.4 Å². The monoisotopic (exact) mass is 592 g/mol. The average Bonchev–Trinajstić information content (AvgIpc) is 3.58. The first-order valence-corrected chi connectivity index (χ1v) is 14.9. The van der Waals surface area contributed by atoms with Gasteiger partial charge in [0.1, 0.15) is 29.1 Å². The number of aliphatic imine (C=N–C) groups is 1. The summed E-state index contributed by atoms with van der Waals surface area (Å²) in [4.78, 5) is 42.1. The molecule has 0 bridgehead atoms. The largest absolute Gasteiger partial charge is 0.336 e. The van der Waals surface area contributed by atoms with E-state index in [1.165, 1.54) is 30.3 Å². The summed E-state index contributed by atoms with van der Waals surface area (Å²) < 4.78 is 45.7. The normalized spacial score (nSPS) is 20.0.